The van der Waals surface area contributed by atoms with Crippen molar-refractivity contribution in [3.63, 3.8) is 0 Å². The smallest absolute Gasteiger partial charge is 0.387 e. The van der Waals surface area contributed by atoms with Crippen molar-refractivity contribution in [1.82, 2.24) is 5.32 Å². The van der Waals surface area contributed by atoms with Crippen molar-refractivity contribution in [3.05, 3.63) is 35.4 Å². The highest BCUT2D eigenvalue weighted by atomic mass is 19.4. The Labute approximate surface area is 110 Å². The third-order valence-corrected chi connectivity index (χ3v) is 3.36. The Hall–Kier alpha value is -1.07. The summed E-state index contributed by atoms with van der Waals surface area (Å²) in [5.41, 5.74) is -0.421. The quantitative estimate of drug-likeness (QED) is 0.780. The topological polar surface area (TPSA) is 32.3 Å². The van der Waals surface area contributed by atoms with E-state index in [9.17, 15) is 18.3 Å². The van der Waals surface area contributed by atoms with Crippen LogP contribution in [0.2, 0.25) is 0 Å². The van der Waals surface area contributed by atoms with Gasteiger partial charge >= 0.3 is 6.18 Å². The maximum absolute atomic E-state index is 12.5. The van der Waals surface area contributed by atoms with Crippen molar-refractivity contribution in [3.8, 4) is 0 Å². The molecule has 2 nitrogen and oxygen atoms in total. The van der Waals surface area contributed by atoms with Gasteiger partial charge < -0.3 is 10.4 Å². The fraction of sp³-hybridized carbons (Fsp3) is 0.571. The Morgan fingerprint density at radius 3 is 2.68 bits per heavy atom. The first-order chi connectivity index (χ1) is 8.97. The van der Waals surface area contributed by atoms with Gasteiger partial charge in [0.2, 0.25) is 0 Å². The molecule has 0 spiro atoms. The molecule has 0 heterocycles. The predicted octanol–water partition coefficient (Wildman–Crippen LogP) is 3.13. The minimum absolute atomic E-state index is 0.286. The summed E-state index contributed by atoms with van der Waals surface area (Å²) in [6, 6.07) is 4.86. The average Bonchev–Trinajstić information content (AvgIpc) is 3.17. The second kappa shape index (κ2) is 5.92. The Bertz CT molecular complexity index is 415. The molecule has 19 heavy (non-hydrogen) atoms. The Balaban J connectivity index is 1.85. The molecule has 1 saturated carbocycles. The van der Waals surface area contributed by atoms with Crippen LogP contribution >= 0.6 is 0 Å². The van der Waals surface area contributed by atoms with Gasteiger partial charge in [-0.25, -0.2) is 0 Å². The third kappa shape index (κ3) is 4.51. The molecule has 0 radical (unpaired) electrons. The summed E-state index contributed by atoms with van der Waals surface area (Å²) in [6.45, 7) is 1.09. The van der Waals surface area contributed by atoms with E-state index in [-0.39, 0.29) is 6.54 Å². The molecule has 1 aromatic carbocycles. The molecular weight excluding hydrogens is 255 g/mol. The maximum atomic E-state index is 12.5. The molecule has 106 valence electrons. The number of benzene rings is 1. The second-order valence-corrected chi connectivity index (χ2v) is 5.08. The van der Waals surface area contributed by atoms with Crippen LogP contribution < -0.4 is 5.32 Å². The van der Waals surface area contributed by atoms with E-state index in [4.69, 9.17) is 0 Å². The summed E-state index contributed by atoms with van der Waals surface area (Å²) in [5.74, 6) is 0.804. The summed E-state index contributed by atoms with van der Waals surface area (Å²) < 4.78 is 37.6. The molecule has 0 aliphatic heterocycles. The van der Waals surface area contributed by atoms with Gasteiger partial charge in [0.25, 0.3) is 0 Å². The fourth-order valence-corrected chi connectivity index (χ4v) is 1.99. The number of hydrogen-bond donors (Lipinski definition) is 2. The molecule has 1 aliphatic rings. The monoisotopic (exact) mass is 273 g/mol. The Kier molecular flexibility index (Phi) is 4.47. The van der Waals surface area contributed by atoms with Crippen LogP contribution in [0.25, 0.3) is 0 Å². The number of aliphatic hydroxyl groups excluding tert-OH is 1. The van der Waals surface area contributed by atoms with Gasteiger partial charge in [-0.15, -0.1) is 0 Å². The van der Waals surface area contributed by atoms with E-state index in [1.165, 1.54) is 25.0 Å². The Morgan fingerprint density at radius 1 is 1.32 bits per heavy atom. The van der Waals surface area contributed by atoms with E-state index in [1.54, 1.807) is 0 Å². The van der Waals surface area contributed by atoms with Crippen molar-refractivity contribution in [1.29, 1.82) is 0 Å². The first-order valence-corrected chi connectivity index (χ1v) is 6.53. The van der Waals surface area contributed by atoms with E-state index >= 15 is 0 Å². The van der Waals surface area contributed by atoms with Crippen molar-refractivity contribution in [2.24, 2.45) is 5.92 Å². The molecule has 1 aliphatic carbocycles. The van der Waals surface area contributed by atoms with Gasteiger partial charge in [-0.05, 0) is 36.6 Å². The fourth-order valence-electron chi connectivity index (χ4n) is 1.99. The molecule has 1 atom stereocenters. The molecule has 2 rings (SSSR count). The highest BCUT2D eigenvalue weighted by molar-refractivity contribution is 5.27. The van der Waals surface area contributed by atoms with Crippen LogP contribution in [0.4, 0.5) is 13.2 Å². The number of hydrogen-bond acceptors (Lipinski definition) is 2. The van der Waals surface area contributed by atoms with Crippen LogP contribution in [0.5, 0.6) is 0 Å². The lowest BCUT2D eigenvalue weighted by atomic mass is 10.1. The summed E-state index contributed by atoms with van der Waals surface area (Å²) in [6.07, 6.45) is -1.64. The number of halogens is 3. The maximum Gasteiger partial charge on any atom is 0.416 e. The van der Waals surface area contributed by atoms with Crippen LogP contribution in [0.3, 0.4) is 0 Å². The first kappa shape index (κ1) is 14.3. The lowest BCUT2D eigenvalue weighted by molar-refractivity contribution is -0.137. The summed E-state index contributed by atoms with van der Waals surface area (Å²) in [5, 5.41) is 12.9. The third-order valence-electron chi connectivity index (χ3n) is 3.36. The van der Waals surface area contributed by atoms with E-state index in [0.29, 0.717) is 5.56 Å². The number of aliphatic hydroxyl groups is 1. The van der Waals surface area contributed by atoms with Crippen LogP contribution in [-0.4, -0.2) is 18.2 Å². The van der Waals surface area contributed by atoms with Crippen molar-refractivity contribution >= 4 is 0 Å². The molecule has 1 unspecified atom stereocenters. The van der Waals surface area contributed by atoms with Crippen LogP contribution in [-0.2, 0) is 6.18 Å². The van der Waals surface area contributed by atoms with Gasteiger partial charge in [0.1, 0.15) is 0 Å². The van der Waals surface area contributed by atoms with Gasteiger partial charge in [0, 0.05) is 6.54 Å². The largest absolute Gasteiger partial charge is 0.416 e. The minimum atomic E-state index is -4.37. The standard InChI is InChI=1S/C14H18F3NO/c15-14(16,17)12-3-1-2-11(8-12)13(19)9-18-7-6-10-4-5-10/h1-3,8,10,13,18-19H,4-7,9H2. The van der Waals surface area contributed by atoms with Gasteiger partial charge in [0.15, 0.2) is 0 Å². The molecule has 0 saturated heterocycles. The van der Waals surface area contributed by atoms with Gasteiger partial charge in [0.05, 0.1) is 11.7 Å². The summed E-state index contributed by atoms with van der Waals surface area (Å²) in [4.78, 5) is 0. The molecule has 0 bridgehead atoms. The van der Waals surface area contributed by atoms with Gasteiger partial charge in [-0.2, -0.15) is 13.2 Å². The van der Waals surface area contributed by atoms with Crippen LogP contribution in [0.15, 0.2) is 24.3 Å². The number of nitrogens with one attached hydrogen (secondary N) is 1. The van der Waals surface area contributed by atoms with Crippen LogP contribution in [0, 0.1) is 5.92 Å². The van der Waals surface area contributed by atoms with Crippen LogP contribution in [0.1, 0.15) is 36.5 Å². The molecule has 5 heteroatoms. The summed E-state index contributed by atoms with van der Waals surface area (Å²) in [7, 11) is 0. The predicted molar refractivity (Wildman–Crippen MR) is 66.6 cm³/mol. The van der Waals surface area contributed by atoms with E-state index < -0.39 is 17.8 Å². The zero-order chi connectivity index (χ0) is 13.9. The molecule has 2 N–H and O–H groups in total. The van der Waals surface area contributed by atoms with Crippen molar-refractivity contribution < 1.29 is 18.3 Å². The second-order valence-electron chi connectivity index (χ2n) is 5.08. The minimum Gasteiger partial charge on any atom is -0.387 e. The first-order valence-electron chi connectivity index (χ1n) is 6.53. The normalized spacial score (nSPS) is 17.5. The number of alkyl halides is 3. The molecule has 0 aromatic heterocycles. The zero-order valence-electron chi connectivity index (χ0n) is 10.6. The number of rotatable bonds is 6. The van der Waals surface area contributed by atoms with E-state index in [1.807, 2.05) is 0 Å². The highest BCUT2D eigenvalue weighted by Gasteiger charge is 2.30. The van der Waals surface area contributed by atoms with E-state index in [0.717, 1.165) is 31.0 Å². The lowest BCUT2D eigenvalue weighted by Gasteiger charge is -2.14. The SMILES string of the molecule is OC(CNCCC1CC1)c1cccc(C(F)(F)F)c1. The van der Waals surface area contributed by atoms with Crippen molar-refractivity contribution in [2.75, 3.05) is 13.1 Å². The molecular formula is C14H18F3NO. The van der Waals surface area contributed by atoms with Gasteiger partial charge in [-0.1, -0.05) is 25.0 Å². The molecule has 1 aromatic rings. The average molecular weight is 273 g/mol. The molecule has 1 fully saturated rings. The summed E-state index contributed by atoms with van der Waals surface area (Å²) >= 11 is 0. The highest BCUT2D eigenvalue weighted by Crippen LogP contribution is 2.32. The van der Waals surface area contributed by atoms with Gasteiger partial charge in [-0.3, -0.25) is 0 Å². The van der Waals surface area contributed by atoms with Crippen molar-refractivity contribution in [2.45, 2.75) is 31.5 Å². The zero-order valence-corrected chi connectivity index (χ0v) is 10.6. The molecule has 0 amide bonds. The van der Waals surface area contributed by atoms with E-state index in [2.05, 4.69) is 5.32 Å². The lowest BCUT2D eigenvalue weighted by Crippen LogP contribution is -2.23. The Morgan fingerprint density at radius 2 is 2.05 bits per heavy atom.